The standard InChI is InChI=1S/C20H17N5OS/c26-15-8-3-7-14-17(15)18(12-5-4-10-21-11-12)24-19(22-14)25-20-23-13-6-1-2-9-16(13)27-20/h1-2,4-6,9-11,18H,3,7-8H2,(H2,22,23,24,25)/t18-/m0/s1. The molecule has 1 aliphatic carbocycles. The minimum Gasteiger partial charge on any atom is -0.329 e. The lowest BCUT2D eigenvalue weighted by Gasteiger charge is -2.30. The van der Waals surface area contributed by atoms with Crippen LogP contribution in [-0.2, 0) is 4.79 Å². The van der Waals surface area contributed by atoms with E-state index in [9.17, 15) is 4.79 Å². The first-order chi connectivity index (χ1) is 13.3. The number of pyridine rings is 1. The Hall–Kier alpha value is -3.06. The number of anilines is 1. The van der Waals surface area contributed by atoms with Gasteiger partial charge >= 0.3 is 0 Å². The Kier molecular flexibility index (Phi) is 3.94. The van der Waals surface area contributed by atoms with Gasteiger partial charge in [-0.3, -0.25) is 9.78 Å². The molecule has 0 radical (unpaired) electrons. The molecule has 27 heavy (non-hydrogen) atoms. The minimum absolute atomic E-state index is 0.167. The molecule has 0 saturated heterocycles. The number of para-hydroxylation sites is 1. The van der Waals surface area contributed by atoms with Gasteiger partial charge < -0.3 is 10.6 Å². The highest BCUT2D eigenvalue weighted by molar-refractivity contribution is 7.22. The van der Waals surface area contributed by atoms with Crippen molar-refractivity contribution in [2.24, 2.45) is 4.99 Å². The summed E-state index contributed by atoms with van der Waals surface area (Å²) in [5, 5.41) is 7.40. The molecule has 1 aliphatic heterocycles. The highest BCUT2D eigenvalue weighted by Gasteiger charge is 2.33. The molecule has 0 bridgehead atoms. The summed E-state index contributed by atoms with van der Waals surface area (Å²) < 4.78 is 1.12. The largest absolute Gasteiger partial charge is 0.329 e. The van der Waals surface area contributed by atoms with Crippen LogP contribution in [0.5, 0.6) is 0 Å². The fraction of sp³-hybridized carbons (Fsp3) is 0.200. The molecule has 2 N–H and O–H groups in total. The third-order valence-corrected chi connectivity index (χ3v) is 5.73. The van der Waals surface area contributed by atoms with Crippen molar-refractivity contribution in [3.63, 3.8) is 0 Å². The van der Waals surface area contributed by atoms with Gasteiger partial charge in [-0.25, -0.2) is 9.98 Å². The fourth-order valence-corrected chi connectivity index (χ4v) is 4.41. The van der Waals surface area contributed by atoms with Crippen LogP contribution in [-0.4, -0.2) is 21.7 Å². The first kappa shape index (κ1) is 16.1. The van der Waals surface area contributed by atoms with Crippen LogP contribution in [0.1, 0.15) is 30.9 Å². The molecular formula is C20H17N5OS. The first-order valence-corrected chi connectivity index (χ1v) is 9.73. The van der Waals surface area contributed by atoms with Crippen molar-refractivity contribution in [1.29, 1.82) is 0 Å². The number of hydrogen-bond donors (Lipinski definition) is 2. The van der Waals surface area contributed by atoms with E-state index in [0.29, 0.717) is 12.4 Å². The Labute approximate surface area is 160 Å². The number of Topliss-reactive ketones (excluding diaryl/α,β-unsaturated/α-hetero) is 1. The summed E-state index contributed by atoms with van der Waals surface area (Å²) in [5.74, 6) is 0.789. The van der Waals surface area contributed by atoms with E-state index in [1.165, 1.54) is 0 Å². The normalized spacial score (nSPS) is 19.5. The Morgan fingerprint density at radius 3 is 2.93 bits per heavy atom. The van der Waals surface area contributed by atoms with Crippen molar-refractivity contribution in [1.82, 2.24) is 15.3 Å². The van der Waals surface area contributed by atoms with E-state index in [0.717, 1.165) is 45.0 Å². The molecule has 7 heteroatoms. The molecule has 0 amide bonds. The van der Waals surface area contributed by atoms with Crippen molar-refractivity contribution in [2.75, 3.05) is 5.32 Å². The second-order valence-corrected chi connectivity index (χ2v) is 7.60. The molecule has 0 fully saturated rings. The summed E-state index contributed by atoms with van der Waals surface area (Å²) in [6.07, 6.45) is 5.79. The lowest BCUT2D eigenvalue weighted by atomic mass is 9.86. The Morgan fingerprint density at radius 2 is 2.07 bits per heavy atom. The molecule has 3 aromatic rings. The summed E-state index contributed by atoms with van der Waals surface area (Å²) >= 11 is 1.58. The van der Waals surface area contributed by atoms with E-state index in [-0.39, 0.29) is 11.8 Å². The Balaban J connectivity index is 1.52. The molecule has 0 spiro atoms. The van der Waals surface area contributed by atoms with Gasteiger partial charge in [-0.15, -0.1) is 0 Å². The average Bonchev–Trinajstić information content (AvgIpc) is 3.10. The molecule has 1 atom stereocenters. The maximum Gasteiger partial charge on any atom is 0.202 e. The summed E-state index contributed by atoms with van der Waals surface area (Å²) in [5.41, 5.74) is 3.60. The van der Waals surface area contributed by atoms with Gasteiger partial charge in [0.2, 0.25) is 5.96 Å². The number of benzene rings is 1. The quantitative estimate of drug-likeness (QED) is 0.712. The van der Waals surface area contributed by atoms with Gasteiger partial charge in [0.25, 0.3) is 0 Å². The molecule has 2 aliphatic rings. The van der Waals surface area contributed by atoms with Crippen LogP contribution in [0, 0.1) is 0 Å². The van der Waals surface area contributed by atoms with Crippen molar-refractivity contribution in [2.45, 2.75) is 25.3 Å². The number of allylic oxidation sites excluding steroid dienone is 1. The SMILES string of the molecule is O=C1CCCC2=C1[C@H](c1cccnc1)N=C(Nc1nc3ccccc3s1)N2. The molecule has 134 valence electrons. The number of carbonyl (C=O) groups is 1. The zero-order valence-electron chi connectivity index (χ0n) is 14.5. The number of ketones is 1. The fourth-order valence-electron chi connectivity index (χ4n) is 3.55. The smallest absolute Gasteiger partial charge is 0.202 e. The lowest BCUT2D eigenvalue weighted by molar-refractivity contribution is -0.116. The summed E-state index contributed by atoms with van der Waals surface area (Å²) in [4.78, 5) is 26.2. The molecule has 5 rings (SSSR count). The molecule has 1 aromatic carbocycles. The van der Waals surface area contributed by atoms with Crippen LogP contribution in [0.3, 0.4) is 0 Å². The monoisotopic (exact) mass is 375 g/mol. The maximum atomic E-state index is 12.6. The van der Waals surface area contributed by atoms with Crippen LogP contribution in [0.2, 0.25) is 0 Å². The lowest BCUT2D eigenvalue weighted by Crippen LogP contribution is -2.38. The van der Waals surface area contributed by atoms with Gasteiger partial charge in [0.05, 0.1) is 10.2 Å². The van der Waals surface area contributed by atoms with Crippen LogP contribution in [0.4, 0.5) is 5.13 Å². The zero-order chi connectivity index (χ0) is 18.2. The number of fused-ring (bicyclic) bond motifs is 1. The van der Waals surface area contributed by atoms with Crippen LogP contribution in [0.15, 0.2) is 65.1 Å². The van der Waals surface area contributed by atoms with Gasteiger partial charge in [0.1, 0.15) is 6.04 Å². The maximum absolute atomic E-state index is 12.6. The van der Waals surface area contributed by atoms with Gasteiger partial charge in [-0.2, -0.15) is 0 Å². The second-order valence-electron chi connectivity index (χ2n) is 6.57. The van der Waals surface area contributed by atoms with Crippen LogP contribution in [0.25, 0.3) is 10.2 Å². The number of guanidine groups is 1. The number of nitrogens with one attached hydrogen (secondary N) is 2. The third kappa shape index (κ3) is 3.00. The topological polar surface area (TPSA) is 79.3 Å². The zero-order valence-corrected chi connectivity index (χ0v) is 15.3. The third-order valence-electron chi connectivity index (χ3n) is 4.78. The Morgan fingerprint density at radius 1 is 1.15 bits per heavy atom. The van der Waals surface area contributed by atoms with Crippen molar-refractivity contribution in [3.05, 3.63) is 65.6 Å². The van der Waals surface area contributed by atoms with E-state index in [1.807, 2.05) is 36.4 Å². The van der Waals surface area contributed by atoms with Crippen molar-refractivity contribution >= 4 is 38.4 Å². The molecule has 3 heterocycles. The van der Waals surface area contributed by atoms with Gasteiger partial charge in [0.15, 0.2) is 10.9 Å². The molecule has 6 nitrogen and oxygen atoms in total. The summed E-state index contributed by atoms with van der Waals surface area (Å²) in [6.45, 7) is 0. The number of aromatic nitrogens is 2. The van der Waals surface area contributed by atoms with Gasteiger partial charge in [0, 0.05) is 30.1 Å². The molecule has 2 aromatic heterocycles. The van der Waals surface area contributed by atoms with E-state index in [1.54, 1.807) is 23.7 Å². The predicted octanol–water partition coefficient (Wildman–Crippen LogP) is 3.81. The first-order valence-electron chi connectivity index (χ1n) is 8.91. The van der Waals surface area contributed by atoms with Gasteiger partial charge in [-0.05, 0) is 36.6 Å². The molecule has 0 unspecified atom stereocenters. The van der Waals surface area contributed by atoms with Crippen molar-refractivity contribution < 1.29 is 4.79 Å². The van der Waals surface area contributed by atoms with E-state index >= 15 is 0 Å². The summed E-state index contributed by atoms with van der Waals surface area (Å²) in [6, 6.07) is 11.5. The van der Waals surface area contributed by atoms with Gasteiger partial charge in [-0.1, -0.05) is 29.5 Å². The number of carbonyl (C=O) groups excluding carboxylic acids is 1. The van der Waals surface area contributed by atoms with Crippen LogP contribution < -0.4 is 10.6 Å². The average molecular weight is 375 g/mol. The number of hydrogen-bond acceptors (Lipinski definition) is 7. The van der Waals surface area contributed by atoms with E-state index < -0.39 is 0 Å². The Bertz CT molecular complexity index is 1050. The minimum atomic E-state index is -0.334. The number of rotatable bonds is 2. The van der Waals surface area contributed by atoms with E-state index in [4.69, 9.17) is 4.99 Å². The van der Waals surface area contributed by atoms with Crippen LogP contribution >= 0.6 is 11.3 Å². The molecular weight excluding hydrogens is 358 g/mol. The summed E-state index contributed by atoms with van der Waals surface area (Å²) in [7, 11) is 0. The number of thiazole rings is 1. The second kappa shape index (κ2) is 6.59. The predicted molar refractivity (Wildman–Crippen MR) is 107 cm³/mol. The van der Waals surface area contributed by atoms with Crippen molar-refractivity contribution in [3.8, 4) is 0 Å². The number of nitrogens with zero attached hydrogens (tertiary/aromatic N) is 3. The number of aliphatic imine (C=N–C) groups is 1. The van der Waals surface area contributed by atoms with E-state index in [2.05, 4.69) is 20.6 Å². The highest BCUT2D eigenvalue weighted by atomic mass is 32.1. The highest BCUT2D eigenvalue weighted by Crippen LogP contribution is 2.36. The molecule has 0 saturated carbocycles.